The van der Waals surface area contributed by atoms with Crippen LogP contribution in [0.1, 0.15) is 11.3 Å². The molecule has 0 aliphatic heterocycles. The van der Waals surface area contributed by atoms with E-state index in [1.54, 1.807) is 11.8 Å². The van der Waals surface area contributed by atoms with Crippen molar-refractivity contribution in [1.29, 1.82) is 0 Å². The lowest BCUT2D eigenvalue weighted by Crippen LogP contribution is -2.09. The number of nitrogens with one attached hydrogen (secondary N) is 1. The molecule has 0 radical (unpaired) electrons. The van der Waals surface area contributed by atoms with Crippen LogP contribution < -0.4 is 5.32 Å². The molecule has 2 rings (SSSR count). The van der Waals surface area contributed by atoms with Gasteiger partial charge in [0.25, 0.3) is 0 Å². The fraction of sp³-hybridized carbons (Fsp3) is 0.500. The SMILES string of the molecule is COCCn1cc(C)nc1NCc1cnn(C)c1. The second-order valence-corrected chi connectivity index (χ2v) is 4.27. The fourth-order valence-corrected chi connectivity index (χ4v) is 1.79. The lowest BCUT2D eigenvalue weighted by atomic mass is 10.4. The maximum absolute atomic E-state index is 5.09. The summed E-state index contributed by atoms with van der Waals surface area (Å²) in [4.78, 5) is 4.45. The Morgan fingerprint density at radius 1 is 1.39 bits per heavy atom. The number of nitrogens with zero attached hydrogens (tertiary/aromatic N) is 4. The molecule has 6 heteroatoms. The lowest BCUT2D eigenvalue weighted by Gasteiger charge is -2.08. The number of aromatic nitrogens is 4. The van der Waals surface area contributed by atoms with E-state index >= 15 is 0 Å². The Balaban J connectivity index is 1.99. The van der Waals surface area contributed by atoms with Gasteiger partial charge in [0.2, 0.25) is 5.95 Å². The van der Waals surface area contributed by atoms with E-state index in [1.165, 1.54) is 0 Å². The zero-order chi connectivity index (χ0) is 13.0. The fourth-order valence-electron chi connectivity index (χ4n) is 1.79. The van der Waals surface area contributed by atoms with Crippen molar-refractivity contribution in [2.45, 2.75) is 20.0 Å². The molecular formula is C12H19N5O. The zero-order valence-corrected chi connectivity index (χ0v) is 11.1. The Bertz CT molecular complexity index is 502. The quantitative estimate of drug-likeness (QED) is 0.835. The van der Waals surface area contributed by atoms with E-state index in [0.29, 0.717) is 6.61 Å². The van der Waals surface area contributed by atoms with Crippen LogP contribution in [0.3, 0.4) is 0 Å². The molecule has 1 N–H and O–H groups in total. The molecule has 0 fully saturated rings. The second kappa shape index (κ2) is 5.68. The van der Waals surface area contributed by atoms with Gasteiger partial charge in [0.1, 0.15) is 0 Å². The first-order valence-electron chi connectivity index (χ1n) is 5.93. The predicted octanol–water partition coefficient (Wildman–Crippen LogP) is 1.18. The molecule has 98 valence electrons. The van der Waals surface area contributed by atoms with Gasteiger partial charge in [-0.3, -0.25) is 4.68 Å². The summed E-state index contributed by atoms with van der Waals surface area (Å²) in [6, 6.07) is 0. The summed E-state index contributed by atoms with van der Waals surface area (Å²) in [6.45, 7) is 4.18. The average Bonchev–Trinajstić information content (AvgIpc) is 2.90. The Labute approximate surface area is 107 Å². The maximum atomic E-state index is 5.09. The van der Waals surface area contributed by atoms with Gasteiger partial charge in [-0.15, -0.1) is 0 Å². The number of rotatable bonds is 6. The zero-order valence-electron chi connectivity index (χ0n) is 11.1. The molecule has 0 aliphatic rings. The number of ether oxygens (including phenoxy) is 1. The van der Waals surface area contributed by atoms with Crippen molar-refractivity contribution in [3.63, 3.8) is 0 Å². The molecule has 2 aromatic rings. The minimum atomic E-state index is 0.678. The molecule has 0 atom stereocenters. The largest absolute Gasteiger partial charge is 0.383 e. The van der Waals surface area contributed by atoms with E-state index in [-0.39, 0.29) is 0 Å². The highest BCUT2D eigenvalue weighted by Gasteiger charge is 2.05. The van der Waals surface area contributed by atoms with Crippen LogP contribution in [-0.4, -0.2) is 33.0 Å². The lowest BCUT2D eigenvalue weighted by molar-refractivity contribution is 0.187. The van der Waals surface area contributed by atoms with E-state index < -0.39 is 0 Å². The van der Waals surface area contributed by atoms with Crippen LogP contribution in [0.4, 0.5) is 5.95 Å². The summed E-state index contributed by atoms with van der Waals surface area (Å²) in [5.74, 6) is 0.869. The third-order valence-corrected chi connectivity index (χ3v) is 2.64. The molecule has 0 unspecified atom stereocenters. The highest BCUT2D eigenvalue weighted by Crippen LogP contribution is 2.10. The summed E-state index contributed by atoms with van der Waals surface area (Å²) in [7, 11) is 3.61. The Hall–Kier alpha value is -1.82. The predicted molar refractivity (Wildman–Crippen MR) is 69.4 cm³/mol. The summed E-state index contributed by atoms with van der Waals surface area (Å²) in [5.41, 5.74) is 2.14. The Kier molecular flexibility index (Phi) is 3.99. The normalized spacial score (nSPS) is 10.8. The average molecular weight is 249 g/mol. The minimum absolute atomic E-state index is 0.678. The van der Waals surface area contributed by atoms with Crippen LogP contribution >= 0.6 is 0 Å². The van der Waals surface area contributed by atoms with Crippen molar-refractivity contribution >= 4 is 5.95 Å². The van der Waals surface area contributed by atoms with E-state index in [1.807, 2.05) is 32.6 Å². The van der Waals surface area contributed by atoms with Gasteiger partial charge >= 0.3 is 0 Å². The standard InChI is InChI=1S/C12H19N5O/c1-10-8-17(4-5-18-3)12(15-10)13-6-11-7-14-16(2)9-11/h7-9H,4-6H2,1-3H3,(H,13,15). The molecule has 0 bridgehead atoms. The third-order valence-electron chi connectivity index (χ3n) is 2.64. The van der Waals surface area contributed by atoms with Gasteiger partial charge in [-0.05, 0) is 6.92 Å². The van der Waals surface area contributed by atoms with Crippen molar-refractivity contribution in [2.24, 2.45) is 7.05 Å². The number of aryl methyl sites for hydroxylation is 2. The molecule has 0 aromatic carbocycles. The Morgan fingerprint density at radius 3 is 2.89 bits per heavy atom. The molecular weight excluding hydrogens is 230 g/mol. The molecule has 0 saturated carbocycles. The van der Waals surface area contributed by atoms with Crippen molar-refractivity contribution in [1.82, 2.24) is 19.3 Å². The van der Waals surface area contributed by atoms with Crippen LogP contribution in [0.5, 0.6) is 0 Å². The van der Waals surface area contributed by atoms with Gasteiger partial charge in [-0.25, -0.2) is 4.98 Å². The molecule has 18 heavy (non-hydrogen) atoms. The highest BCUT2D eigenvalue weighted by molar-refractivity contribution is 5.30. The van der Waals surface area contributed by atoms with Gasteiger partial charge in [0.15, 0.2) is 0 Å². The number of hydrogen-bond acceptors (Lipinski definition) is 4. The second-order valence-electron chi connectivity index (χ2n) is 4.27. The van der Waals surface area contributed by atoms with Crippen LogP contribution in [0.2, 0.25) is 0 Å². The summed E-state index contributed by atoms with van der Waals surface area (Å²) in [5, 5.41) is 7.45. The van der Waals surface area contributed by atoms with Gasteiger partial charge in [-0.1, -0.05) is 0 Å². The van der Waals surface area contributed by atoms with Gasteiger partial charge in [0, 0.05) is 45.2 Å². The Morgan fingerprint density at radius 2 is 2.22 bits per heavy atom. The molecule has 0 aliphatic carbocycles. The van der Waals surface area contributed by atoms with Gasteiger partial charge in [0.05, 0.1) is 18.5 Å². The molecule has 0 spiro atoms. The van der Waals surface area contributed by atoms with E-state index in [9.17, 15) is 0 Å². The van der Waals surface area contributed by atoms with E-state index in [0.717, 1.165) is 30.3 Å². The van der Waals surface area contributed by atoms with Crippen molar-refractivity contribution in [3.8, 4) is 0 Å². The summed E-state index contributed by atoms with van der Waals surface area (Å²) in [6.07, 6.45) is 5.86. The molecule has 0 amide bonds. The van der Waals surface area contributed by atoms with Crippen molar-refractivity contribution in [2.75, 3.05) is 19.0 Å². The molecule has 2 heterocycles. The van der Waals surface area contributed by atoms with Crippen LogP contribution in [0.25, 0.3) is 0 Å². The topological polar surface area (TPSA) is 56.9 Å². The third kappa shape index (κ3) is 3.10. The number of methoxy groups -OCH3 is 1. The first-order valence-corrected chi connectivity index (χ1v) is 5.93. The molecule has 6 nitrogen and oxygen atoms in total. The van der Waals surface area contributed by atoms with Gasteiger partial charge < -0.3 is 14.6 Å². The minimum Gasteiger partial charge on any atom is -0.383 e. The number of imidazole rings is 1. The molecule has 2 aromatic heterocycles. The van der Waals surface area contributed by atoms with E-state index in [4.69, 9.17) is 4.74 Å². The maximum Gasteiger partial charge on any atom is 0.203 e. The van der Waals surface area contributed by atoms with Crippen LogP contribution in [0, 0.1) is 6.92 Å². The van der Waals surface area contributed by atoms with Crippen LogP contribution in [-0.2, 0) is 24.9 Å². The smallest absolute Gasteiger partial charge is 0.203 e. The first-order chi connectivity index (χ1) is 8.69. The van der Waals surface area contributed by atoms with Gasteiger partial charge in [-0.2, -0.15) is 5.10 Å². The summed E-state index contributed by atoms with van der Waals surface area (Å²) < 4.78 is 8.94. The number of hydrogen-bond donors (Lipinski definition) is 1. The molecule has 0 saturated heterocycles. The van der Waals surface area contributed by atoms with Crippen molar-refractivity contribution in [3.05, 3.63) is 29.8 Å². The highest BCUT2D eigenvalue weighted by atomic mass is 16.5. The first kappa shape index (κ1) is 12.6. The summed E-state index contributed by atoms with van der Waals surface area (Å²) >= 11 is 0. The van der Waals surface area contributed by atoms with Crippen LogP contribution in [0.15, 0.2) is 18.6 Å². The van der Waals surface area contributed by atoms with E-state index in [2.05, 4.69) is 20.0 Å². The van der Waals surface area contributed by atoms with Crippen molar-refractivity contribution < 1.29 is 4.74 Å². The number of anilines is 1. The monoisotopic (exact) mass is 249 g/mol.